The van der Waals surface area contributed by atoms with Crippen molar-refractivity contribution in [1.29, 1.82) is 0 Å². The summed E-state index contributed by atoms with van der Waals surface area (Å²) in [4.78, 5) is 31.1. The standard InChI is InChI=1S/C27H33N2O4/c30-26(32-22-12-6-2-7-13-22)25(27(31)33-23-14-8-3-9-15-23)24(21-10-4-1-5-11-21)20-29-18-16-28-17-19-29/h1,4-5,10-11,16-19,22-23H,2-3,6-9,12-15,20H2/q+1. The summed E-state index contributed by atoms with van der Waals surface area (Å²) in [6.45, 7) is 0.335. The van der Waals surface area contributed by atoms with Crippen LogP contribution in [-0.4, -0.2) is 29.1 Å². The van der Waals surface area contributed by atoms with E-state index in [2.05, 4.69) is 4.98 Å². The molecule has 0 amide bonds. The summed E-state index contributed by atoms with van der Waals surface area (Å²) >= 11 is 0. The molecule has 0 N–H and O–H groups in total. The summed E-state index contributed by atoms with van der Waals surface area (Å²) in [6.07, 6.45) is 16.6. The number of ether oxygens (including phenoxy) is 2. The highest BCUT2D eigenvalue weighted by Crippen LogP contribution is 2.27. The molecule has 0 radical (unpaired) electrons. The van der Waals surface area contributed by atoms with Crippen LogP contribution in [0.25, 0.3) is 5.57 Å². The number of benzene rings is 1. The van der Waals surface area contributed by atoms with Crippen molar-refractivity contribution in [3.8, 4) is 0 Å². The van der Waals surface area contributed by atoms with Crippen LogP contribution in [0.3, 0.4) is 0 Å². The third kappa shape index (κ3) is 6.50. The fourth-order valence-electron chi connectivity index (χ4n) is 4.71. The minimum atomic E-state index is -0.573. The van der Waals surface area contributed by atoms with E-state index in [1.165, 1.54) is 0 Å². The molecule has 6 nitrogen and oxygen atoms in total. The Labute approximate surface area is 195 Å². The van der Waals surface area contributed by atoms with Gasteiger partial charge in [0.1, 0.15) is 12.2 Å². The van der Waals surface area contributed by atoms with Crippen molar-refractivity contribution >= 4 is 17.5 Å². The van der Waals surface area contributed by atoms with Gasteiger partial charge in [-0.15, -0.1) is 0 Å². The lowest BCUT2D eigenvalue weighted by Gasteiger charge is -2.25. The Kier molecular flexibility index (Phi) is 8.23. The molecule has 1 aromatic heterocycles. The average molecular weight is 450 g/mol. The summed E-state index contributed by atoms with van der Waals surface area (Å²) in [5.41, 5.74) is 1.42. The van der Waals surface area contributed by atoms with E-state index in [1.54, 1.807) is 12.4 Å². The number of carbonyl (C=O) groups excluding carboxylic acids is 2. The van der Waals surface area contributed by atoms with Gasteiger partial charge in [0.25, 0.3) is 0 Å². The van der Waals surface area contributed by atoms with Crippen LogP contribution in [0, 0.1) is 0 Å². The minimum Gasteiger partial charge on any atom is -0.459 e. The van der Waals surface area contributed by atoms with Crippen LogP contribution in [0.15, 0.2) is 60.7 Å². The van der Waals surface area contributed by atoms with E-state index in [1.807, 2.05) is 47.3 Å². The highest BCUT2D eigenvalue weighted by molar-refractivity contribution is 6.20. The number of carbonyl (C=O) groups is 2. The lowest BCUT2D eigenvalue weighted by Crippen LogP contribution is -2.36. The van der Waals surface area contributed by atoms with Gasteiger partial charge in [-0.1, -0.05) is 43.2 Å². The van der Waals surface area contributed by atoms with Crippen molar-refractivity contribution in [3.63, 3.8) is 0 Å². The summed E-state index contributed by atoms with van der Waals surface area (Å²) in [6, 6.07) is 9.56. The molecule has 1 aromatic carbocycles. The summed E-state index contributed by atoms with van der Waals surface area (Å²) in [5, 5.41) is 0. The molecule has 0 spiro atoms. The predicted molar refractivity (Wildman–Crippen MR) is 124 cm³/mol. The highest BCUT2D eigenvalue weighted by Gasteiger charge is 2.33. The first-order chi connectivity index (χ1) is 16.2. The molecular formula is C27H33N2O4+. The quantitative estimate of drug-likeness (QED) is 0.204. The van der Waals surface area contributed by atoms with Crippen LogP contribution in [0.5, 0.6) is 0 Å². The molecule has 6 heteroatoms. The smallest absolute Gasteiger partial charge is 0.346 e. The van der Waals surface area contributed by atoms with Gasteiger partial charge in [0.2, 0.25) is 0 Å². The molecule has 0 aliphatic heterocycles. The summed E-state index contributed by atoms with van der Waals surface area (Å²) in [5.74, 6) is -1.15. The molecule has 0 unspecified atom stereocenters. The number of allylic oxidation sites excluding steroid dienone is 1. The van der Waals surface area contributed by atoms with E-state index in [0.29, 0.717) is 12.1 Å². The molecule has 4 rings (SSSR count). The number of hydrogen-bond acceptors (Lipinski definition) is 5. The Morgan fingerprint density at radius 2 is 1.30 bits per heavy atom. The van der Waals surface area contributed by atoms with E-state index in [0.717, 1.165) is 69.8 Å². The molecule has 0 bridgehead atoms. The highest BCUT2D eigenvalue weighted by atomic mass is 16.6. The second-order valence-electron chi connectivity index (χ2n) is 8.97. The number of rotatable bonds is 7. The second-order valence-corrected chi connectivity index (χ2v) is 8.97. The molecule has 174 valence electrons. The normalized spacial score (nSPS) is 17.2. The molecule has 2 fully saturated rings. The molecule has 1 heterocycles. The molecule has 0 atom stereocenters. The zero-order valence-corrected chi connectivity index (χ0v) is 19.2. The van der Waals surface area contributed by atoms with Crippen molar-refractivity contribution in [3.05, 3.63) is 66.3 Å². The van der Waals surface area contributed by atoms with Gasteiger partial charge in [0, 0.05) is 5.57 Å². The van der Waals surface area contributed by atoms with Crippen LogP contribution in [-0.2, 0) is 25.6 Å². The number of nitrogens with zero attached hydrogens (tertiary/aromatic N) is 2. The first-order valence-corrected chi connectivity index (χ1v) is 12.2. The maximum absolute atomic E-state index is 13.5. The third-order valence-electron chi connectivity index (χ3n) is 6.51. The SMILES string of the molecule is O=C(OC1CCCCC1)C(C(=O)OC1CCCCC1)=C(C[n+]1ccncc1)c1ccccc1. The van der Waals surface area contributed by atoms with Crippen molar-refractivity contribution in [2.75, 3.05) is 0 Å². The Morgan fingerprint density at radius 3 is 1.82 bits per heavy atom. The maximum atomic E-state index is 13.5. The van der Waals surface area contributed by atoms with E-state index >= 15 is 0 Å². The zero-order valence-electron chi connectivity index (χ0n) is 19.2. The van der Waals surface area contributed by atoms with Gasteiger partial charge in [0.05, 0.1) is 12.4 Å². The lowest BCUT2D eigenvalue weighted by atomic mass is 9.96. The number of hydrogen-bond donors (Lipinski definition) is 0. The third-order valence-corrected chi connectivity index (χ3v) is 6.51. The number of aromatic nitrogens is 2. The maximum Gasteiger partial charge on any atom is 0.346 e. The molecule has 2 aliphatic rings. The Balaban J connectivity index is 1.71. The molecule has 2 aromatic rings. The largest absolute Gasteiger partial charge is 0.459 e. The van der Waals surface area contributed by atoms with Crippen LogP contribution in [0.1, 0.15) is 69.8 Å². The Morgan fingerprint density at radius 1 is 0.788 bits per heavy atom. The zero-order chi connectivity index (χ0) is 22.9. The van der Waals surface area contributed by atoms with Gasteiger partial charge in [-0.05, 0) is 56.9 Å². The van der Waals surface area contributed by atoms with E-state index in [4.69, 9.17) is 9.47 Å². The molecule has 33 heavy (non-hydrogen) atoms. The Hall–Kier alpha value is -3.02. The predicted octanol–water partition coefficient (Wildman–Crippen LogP) is 4.57. The second kappa shape index (κ2) is 11.7. The van der Waals surface area contributed by atoms with Crippen LogP contribution in [0.4, 0.5) is 0 Å². The molecule has 2 saturated carbocycles. The lowest BCUT2D eigenvalue weighted by molar-refractivity contribution is -0.684. The first-order valence-electron chi connectivity index (χ1n) is 12.2. The molecule has 2 aliphatic carbocycles. The summed E-state index contributed by atoms with van der Waals surface area (Å²) < 4.78 is 13.7. The number of esters is 2. The van der Waals surface area contributed by atoms with E-state index < -0.39 is 11.9 Å². The van der Waals surface area contributed by atoms with Gasteiger partial charge >= 0.3 is 11.9 Å². The fraction of sp³-hybridized carbons (Fsp3) is 0.481. The minimum absolute atomic E-state index is 0.0154. The topological polar surface area (TPSA) is 69.4 Å². The van der Waals surface area contributed by atoms with Crippen molar-refractivity contribution in [2.24, 2.45) is 0 Å². The van der Waals surface area contributed by atoms with Crippen LogP contribution >= 0.6 is 0 Å². The Bertz CT molecular complexity index is 913. The monoisotopic (exact) mass is 449 g/mol. The van der Waals surface area contributed by atoms with Crippen LogP contribution in [0.2, 0.25) is 0 Å². The van der Waals surface area contributed by atoms with Crippen molar-refractivity contribution in [1.82, 2.24) is 4.98 Å². The summed E-state index contributed by atoms with van der Waals surface area (Å²) in [7, 11) is 0. The van der Waals surface area contributed by atoms with Crippen molar-refractivity contribution < 1.29 is 23.6 Å². The fourth-order valence-corrected chi connectivity index (χ4v) is 4.71. The van der Waals surface area contributed by atoms with Crippen molar-refractivity contribution in [2.45, 2.75) is 83.0 Å². The first kappa shape index (κ1) is 23.1. The van der Waals surface area contributed by atoms with Gasteiger partial charge in [-0.3, -0.25) is 4.98 Å². The van der Waals surface area contributed by atoms with E-state index in [-0.39, 0.29) is 17.8 Å². The van der Waals surface area contributed by atoms with Crippen LogP contribution < -0.4 is 4.57 Å². The molecular weight excluding hydrogens is 416 g/mol. The van der Waals surface area contributed by atoms with Gasteiger partial charge < -0.3 is 9.47 Å². The average Bonchev–Trinajstić information content (AvgIpc) is 2.86. The molecule has 0 saturated heterocycles. The van der Waals surface area contributed by atoms with Gasteiger partial charge in [0.15, 0.2) is 24.5 Å². The van der Waals surface area contributed by atoms with Gasteiger partial charge in [-0.25, -0.2) is 9.59 Å². The van der Waals surface area contributed by atoms with E-state index in [9.17, 15) is 9.59 Å². The van der Waals surface area contributed by atoms with Gasteiger partial charge in [-0.2, -0.15) is 4.57 Å².